The highest BCUT2D eigenvalue weighted by Crippen LogP contribution is 2.25. The van der Waals surface area contributed by atoms with Gasteiger partial charge in [-0.1, -0.05) is 35.5 Å². The Bertz CT molecular complexity index is 1310. The molecule has 0 spiro atoms. The number of aromatic nitrogens is 2. The number of benzene rings is 2. The smallest absolute Gasteiger partial charge is 0.262 e. The quantitative estimate of drug-likeness (QED) is 0.314. The molecule has 4 rings (SSSR count). The van der Waals surface area contributed by atoms with Crippen molar-refractivity contribution in [1.82, 2.24) is 14.9 Å². The van der Waals surface area contributed by atoms with Crippen molar-refractivity contribution in [3.63, 3.8) is 0 Å². The van der Waals surface area contributed by atoms with Gasteiger partial charge in [-0.3, -0.25) is 14.2 Å². The van der Waals surface area contributed by atoms with Gasteiger partial charge in [-0.15, -0.1) is 0 Å². The molecule has 1 atom stereocenters. The van der Waals surface area contributed by atoms with Crippen LogP contribution in [0.5, 0.6) is 0 Å². The Balaban J connectivity index is 1.59. The summed E-state index contributed by atoms with van der Waals surface area (Å²) in [7, 11) is 0. The molecule has 0 aliphatic rings. The number of hydrogen-bond acceptors (Lipinski definition) is 5. The number of rotatable bonds is 7. The second-order valence-electron chi connectivity index (χ2n) is 7.13. The first-order chi connectivity index (χ1) is 15.4. The third-order valence-electron chi connectivity index (χ3n) is 4.81. The lowest BCUT2D eigenvalue weighted by Crippen LogP contribution is -2.31. The Morgan fingerprint density at radius 2 is 2.03 bits per heavy atom. The van der Waals surface area contributed by atoms with Crippen LogP contribution >= 0.6 is 23.4 Å². The van der Waals surface area contributed by atoms with E-state index in [9.17, 15) is 14.0 Å². The normalized spacial score (nSPS) is 12.1. The fourth-order valence-corrected chi connectivity index (χ4v) is 4.21. The van der Waals surface area contributed by atoms with E-state index in [-0.39, 0.29) is 30.4 Å². The molecule has 0 bridgehead atoms. The standard InChI is InChI=1S/C23H19ClFN3O3S/c1-14(21(29)26-12-15-4-7-17(25)8-5-15)32-23-27-20-11-16(24)6-9-19(20)22(30)28(23)13-18-3-2-10-31-18/h2-11,14H,12-13H2,1H3,(H,26,29). The average Bonchev–Trinajstić information content (AvgIpc) is 3.29. The summed E-state index contributed by atoms with van der Waals surface area (Å²) in [6, 6.07) is 14.3. The number of carbonyl (C=O) groups excluding carboxylic acids is 1. The van der Waals surface area contributed by atoms with Crippen LogP contribution < -0.4 is 10.9 Å². The van der Waals surface area contributed by atoms with Crippen LogP contribution in [0.4, 0.5) is 4.39 Å². The van der Waals surface area contributed by atoms with Crippen molar-refractivity contribution in [2.75, 3.05) is 0 Å². The number of carbonyl (C=O) groups is 1. The number of furan rings is 1. The highest BCUT2D eigenvalue weighted by molar-refractivity contribution is 8.00. The molecular formula is C23H19ClFN3O3S. The molecule has 0 fully saturated rings. The summed E-state index contributed by atoms with van der Waals surface area (Å²) >= 11 is 7.25. The maximum Gasteiger partial charge on any atom is 0.262 e. The Morgan fingerprint density at radius 1 is 1.25 bits per heavy atom. The molecular weight excluding hydrogens is 453 g/mol. The van der Waals surface area contributed by atoms with E-state index in [4.69, 9.17) is 16.0 Å². The van der Waals surface area contributed by atoms with Crippen molar-refractivity contribution in [1.29, 1.82) is 0 Å². The van der Waals surface area contributed by atoms with E-state index >= 15 is 0 Å². The lowest BCUT2D eigenvalue weighted by molar-refractivity contribution is -0.120. The summed E-state index contributed by atoms with van der Waals surface area (Å²) in [5.74, 6) is 0.0304. The van der Waals surface area contributed by atoms with Gasteiger partial charge in [-0.25, -0.2) is 9.37 Å². The largest absolute Gasteiger partial charge is 0.467 e. The maximum absolute atomic E-state index is 13.2. The van der Waals surface area contributed by atoms with E-state index in [2.05, 4.69) is 10.3 Å². The molecule has 0 radical (unpaired) electrons. The van der Waals surface area contributed by atoms with E-state index in [1.807, 2.05) is 0 Å². The van der Waals surface area contributed by atoms with Crippen molar-refractivity contribution in [3.05, 3.63) is 93.4 Å². The van der Waals surface area contributed by atoms with Gasteiger partial charge in [0.2, 0.25) is 5.91 Å². The minimum atomic E-state index is -0.540. The second-order valence-corrected chi connectivity index (χ2v) is 8.88. The van der Waals surface area contributed by atoms with Crippen LogP contribution in [-0.4, -0.2) is 20.7 Å². The number of fused-ring (bicyclic) bond motifs is 1. The van der Waals surface area contributed by atoms with Crippen LogP contribution in [0.25, 0.3) is 10.9 Å². The average molecular weight is 472 g/mol. The van der Waals surface area contributed by atoms with Gasteiger partial charge in [0.15, 0.2) is 5.16 Å². The predicted molar refractivity (Wildman–Crippen MR) is 122 cm³/mol. The molecule has 1 amide bonds. The molecule has 1 unspecified atom stereocenters. The van der Waals surface area contributed by atoms with Crippen molar-refractivity contribution >= 4 is 40.2 Å². The zero-order chi connectivity index (χ0) is 22.7. The summed E-state index contributed by atoms with van der Waals surface area (Å²) < 4.78 is 20.0. The van der Waals surface area contributed by atoms with Gasteiger partial charge < -0.3 is 9.73 Å². The molecule has 0 aliphatic heterocycles. The summed E-state index contributed by atoms with van der Waals surface area (Å²) in [6.07, 6.45) is 1.53. The van der Waals surface area contributed by atoms with Crippen LogP contribution in [-0.2, 0) is 17.9 Å². The predicted octanol–water partition coefficient (Wildman–Crippen LogP) is 4.63. The van der Waals surface area contributed by atoms with Crippen molar-refractivity contribution in [3.8, 4) is 0 Å². The molecule has 164 valence electrons. The summed E-state index contributed by atoms with van der Waals surface area (Å²) in [6.45, 7) is 2.18. The molecule has 0 saturated carbocycles. The monoisotopic (exact) mass is 471 g/mol. The number of halogens is 2. The maximum atomic E-state index is 13.2. The Labute approximate surface area is 192 Å². The fraction of sp³-hybridized carbons (Fsp3) is 0.174. The highest BCUT2D eigenvalue weighted by atomic mass is 35.5. The molecule has 2 aromatic carbocycles. The number of nitrogens with one attached hydrogen (secondary N) is 1. The molecule has 2 aromatic heterocycles. The van der Waals surface area contributed by atoms with Gasteiger partial charge in [0.05, 0.1) is 29.0 Å². The van der Waals surface area contributed by atoms with Crippen molar-refractivity contribution < 1.29 is 13.6 Å². The van der Waals surface area contributed by atoms with E-state index in [1.165, 1.54) is 34.7 Å². The van der Waals surface area contributed by atoms with Gasteiger partial charge in [-0.05, 0) is 55.0 Å². The van der Waals surface area contributed by atoms with Gasteiger partial charge >= 0.3 is 0 Å². The molecule has 1 N–H and O–H groups in total. The number of nitrogens with zero attached hydrogens (tertiary/aromatic N) is 2. The fourth-order valence-electron chi connectivity index (χ4n) is 3.11. The zero-order valence-corrected chi connectivity index (χ0v) is 18.6. The number of thioether (sulfide) groups is 1. The van der Waals surface area contributed by atoms with Gasteiger partial charge in [0.25, 0.3) is 5.56 Å². The molecule has 2 heterocycles. The Kier molecular flexibility index (Phi) is 6.62. The minimum Gasteiger partial charge on any atom is -0.467 e. The van der Waals surface area contributed by atoms with E-state index in [1.54, 1.807) is 49.4 Å². The number of amides is 1. The van der Waals surface area contributed by atoms with Crippen molar-refractivity contribution in [2.45, 2.75) is 30.4 Å². The Morgan fingerprint density at radius 3 is 2.75 bits per heavy atom. The first kappa shape index (κ1) is 22.1. The molecule has 4 aromatic rings. The van der Waals surface area contributed by atoms with Crippen LogP contribution in [0, 0.1) is 5.82 Å². The topological polar surface area (TPSA) is 77.1 Å². The van der Waals surface area contributed by atoms with E-state index in [0.717, 1.165) is 5.56 Å². The van der Waals surface area contributed by atoms with Gasteiger partial charge in [-0.2, -0.15) is 0 Å². The van der Waals surface area contributed by atoms with Gasteiger partial charge in [0, 0.05) is 11.6 Å². The first-order valence-corrected chi connectivity index (χ1v) is 11.1. The lowest BCUT2D eigenvalue weighted by atomic mass is 10.2. The summed E-state index contributed by atoms with van der Waals surface area (Å²) in [4.78, 5) is 30.4. The third-order valence-corrected chi connectivity index (χ3v) is 6.13. The van der Waals surface area contributed by atoms with Crippen LogP contribution in [0.15, 0.2) is 75.2 Å². The van der Waals surface area contributed by atoms with Crippen LogP contribution in [0.1, 0.15) is 18.2 Å². The molecule has 0 saturated heterocycles. The first-order valence-electron chi connectivity index (χ1n) is 9.82. The zero-order valence-electron chi connectivity index (χ0n) is 17.0. The molecule has 32 heavy (non-hydrogen) atoms. The third kappa shape index (κ3) is 5.03. The number of hydrogen-bond donors (Lipinski definition) is 1. The van der Waals surface area contributed by atoms with Crippen LogP contribution in [0.2, 0.25) is 5.02 Å². The highest BCUT2D eigenvalue weighted by Gasteiger charge is 2.20. The molecule has 6 nitrogen and oxygen atoms in total. The molecule has 0 aliphatic carbocycles. The van der Waals surface area contributed by atoms with Crippen LogP contribution in [0.3, 0.4) is 0 Å². The summed E-state index contributed by atoms with van der Waals surface area (Å²) in [5, 5.41) is 3.56. The van der Waals surface area contributed by atoms with E-state index in [0.29, 0.717) is 26.8 Å². The summed E-state index contributed by atoms with van der Waals surface area (Å²) in [5.41, 5.74) is 0.995. The lowest BCUT2D eigenvalue weighted by Gasteiger charge is -2.16. The van der Waals surface area contributed by atoms with E-state index < -0.39 is 5.25 Å². The SMILES string of the molecule is CC(Sc1nc2cc(Cl)ccc2c(=O)n1Cc1ccco1)C(=O)NCc1ccc(F)cc1. The Hall–Kier alpha value is -3.10. The molecule has 9 heteroatoms. The minimum absolute atomic E-state index is 0.184. The van der Waals surface area contributed by atoms with Gasteiger partial charge in [0.1, 0.15) is 11.6 Å². The second kappa shape index (κ2) is 9.58. The van der Waals surface area contributed by atoms with Crippen molar-refractivity contribution in [2.24, 2.45) is 0 Å².